The predicted molar refractivity (Wildman–Crippen MR) is 186 cm³/mol. The summed E-state index contributed by atoms with van der Waals surface area (Å²) in [5.74, 6) is -0.970. The third-order valence-electron chi connectivity index (χ3n) is 9.60. The Morgan fingerprint density at radius 1 is 0.980 bits per heavy atom. The molecule has 3 aliphatic rings. The monoisotopic (exact) mass is 710 g/mol. The van der Waals surface area contributed by atoms with Gasteiger partial charge in [0.05, 0.1) is 17.1 Å². The Morgan fingerprint density at radius 3 is 2.10 bits per heavy atom. The Balaban J connectivity index is 1.75. The molecule has 0 bridgehead atoms. The maximum absolute atomic E-state index is 14.3. The van der Waals surface area contributed by atoms with Gasteiger partial charge in [-0.05, 0) is 67.2 Å². The van der Waals surface area contributed by atoms with Crippen LogP contribution in [0.15, 0.2) is 65.5 Å². The molecule has 0 saturated heterocycles. The number of ether oxygens (including phenoxy) is 3. The quantitative estimate of drug-likeness (QED) is 0.0929. The molecule has 0 spiro atoms. The number of methoxy groups -OCH3 is 1. The van der Waals surface area contributed by atoms with Crippen molar-refractivity contribution < 1.29 is 41.9 Å². The van der Waals surface area contributed by atoms with Gasteiger partial charge in [-0.25, -0.2) is 0 Å². The number of hydrogen-bond acceptors (Lipinski definition) is 8. The van der Waals surface area contributed by atoms with Gasteiger partial charge in [-0.3, -0.25) is 19.7 Å². The minimum atomic E-state index is -4.80. The summed E-state index contributed by atoms with van der Waals surface area (Å²) in [5.41, 5.74) is 1.33. The van der Waals surface area contributed by atoms with E-state index >= 15 is 0 Å². The molecule has 2 aliphatic carbocycles. The summed E-state index contributed by atoms with van der Waals surface area (Å²) in [4.78, 5) is 41.8. The van der Waals surface area contributed by atoms with E-state index in [2.05, 4.69) is 39.2 Å². The number of nitro groups is 1. The van der Waals surface area contributed by atoms with Crippen LogP contribution in [0, 0.1) is 20.9 Å². The van der Waals surface area contributed by atoms with E-state index in [-0.39, 0.29) is 46.9 Å². The fraction of sp³-hybridized carbons (Fsp3) is 0.487. The van der Waals surface area contributed by atoms with Crippen molar-refractivity contribution in [3.8, 4) is 17.2 Å². The summed E-state index contributed by atoms with van der Waals surface area (Å²) < 4.78 is 57.9. The van der Waals surface area contributed by atoms with Crippen LogP contribution in [0.1, 0.15) is 89.3 Å². The zero-order valence-corrected chi connectivity index (χ0v) is 30.0. The summed E-state index contributed by atoms with van der Waals surface area (Å²) in [5, 5.41) is 11.9. The van der Waals surface area contributed by atoms with Crippen LogP contribution in [0.25, 0.3) is 0 Å². The van der Waals surface area contributed by atoms with Crippen LogP contribution in [0.4, 0.5) is 18.9 Å². The maximum Gasteiger partial charge on any atom is 0.416 e. The molecular formula is C39H45F3N2O7. The van der Waals surface area contributed by atoms with Crippen LogP contribution < -0.4 is 9.47 Å². The first-order valence-electron chi connectivity index (χ1n) is 17.1. The van der Waals surface area contributed by atoms with E-state index in [0.29, 0.717) is 73.6 Å². The highest BCUT2D eigenvalue weighted by molar-refractivity contribution is 6.07. The number of ketones is 2. The molecule has 0 unspecified atom stereocenters. The second kappa shape index (κ2) is 14.3. The average Bonchev–Trinajstić information content (AvgIpc) is 3.01. The van der Waals surface area contributed by atoms with Gasteiger partial charge in [0.1, 0.15) is 0 Å². The topological polar surface area (TPSA) is 108 Å². The van der Waals surface area contributed by atoms with Crippen molar-refractivity contribution in [1.29, 1.82) is 0 Å². The molecule has 5 rings (SSSR count). The summed E-state index contributed by atoms with van der Waals surface area (Å²) in [6.07, 6.45) is -0.475. The average molecular weight is 711 g/mol. The number of allylic oxidation sites excluding steroid dienone is 5. The molecule has 0 fully saturated rings. The number of carbonyl (C=O) groups is 2. The molecule has 0 amide bonds. The molecule has 2 aromatic rings. The van der Waals surface area contributed by atoms with Gasteiger partial charge in [0.25, 0.3) is 0 Å². The summed E-state index contributed by atoms with van der Waals surface area (Å²) in [6, 6.07) is 5.55. The highest BCUT2D eigenvalue weighted by atomic mass is 19.4. The first kappa shape index (κ1) is 37.8. The largest absolute Gasteiger partial charge is 0.490 e. The number of nitro benzene ring substituents is 1. The fourth-order valence-corrected chi connectivity index (χ4v) is 7.59. The molecule has 9 nitrogen and oxygen atoms in total. The van der Waals surface area contributed by atoms with E-state index in [1.165, 1.54) is 0 Å². The van der Waals surface area contributed by atoms with Crippen molar-refractivity contribution in [2.24, 2.45) is 10.8 Å². The second-order valence-electron chi connectivity index (χ2n) is 15.0. The summed E-state index contributed by atoms with van der Waals surface area (Å²) >= 11 is 0. The van der Waals surface area contributed by atoms with Gasteiger partial charge in [0, 0.05) is 73.2 Å². The number of benzene rings is 2. The standard InChI is InChI=1S/C39H45F3N2O7/c1-8-11-23-16-24(17-32(50-9-2)36(23)51-31-13-12-25(39(40,41)42)18-26(31)44(47)48)33-34-27(19-37(3,4)21-29(34)45)43(14-10-15-49-7)28-20-38(5,6)22-30(46)35(28)33/h8,12-13,16-18,33H,1,9-11,14-15,19-22H2,2-7H3. The van der Waals surface area contributed by atoms with Gasteiger partial charge in [0.2, 0.25) is 5.75 Å². The van der Waals surface area contributed by atoms with Crippen LogP contribution in [-0.4, -0.2) is 48.3 Å². The van der Waals surface area contributed by atoms with E-state index in [0.717, 1.165) is 23.5 Å². The van der Waals surface area contributed by atoms with Crippen molar-refractivity contribution in [1.82, 2.24) is 4.90 Å². The van der Waals surface area contributed by atoms with E-state index in [9.17, 15) is 32.9 Å². The second-order valence-corrected chi connectivity index (χ2v) is 15.0. The Labute approximate surface area is 296 Å². The van der Waals surface area contributed by atoms with Crippen LogP contribution >= 0.6 is 0 Å². The van der Waals surface area contributed by atoms with Crippen molar-refractivity contribution >= 4 is 17.3 Å². The third kappa shape index (κ3) is 7.75. The van der Waals surface area contributed by atoms with Crippen molar-refractivity contribution in [3.63, 3.8) is 0 Å². The van der Waals surface area contributed by atoms with E-state index < -0.39 is 34.0 Å². The van der Waals surface area contributed by atoms with E-state index in [4.69, 9.17) is 14.2 Å². The van der Waals surface area contributed by atoms with Crippen molar-refractivity contribution in [2.45, 2.75) is 85.2 Å². The molecule has 12 heteroatoms. The molecule has 0 radical (unpaired) electrons. The number of alkyl halides is 3. The number of Topliss-reactive ketones (excluding diaryl/α,β-unsaturated/α-hetero) is 2. The zero-order valence-electron chi connectivity index (χ0n) is 30.0. The molecule has 0 saturated carbocycles. The molecule has 0 atom stereocenters. The van der Waals surface area contributed by atoms with Gasteiger partial charge >= 0.3 is 11.9 Å². The lowest BCUT2D eigenvalue weighted by molar-refractivity contribution is -0.385. The number of nitrogens with zero attached hydrogens (tertiary/aromatic N) is 2. The van der Waals surface area contributed by atoms with Crippen molar-refractivity contribution in [3.05, 3.63) is 92.3 Å². The summed E-state index contributed by atoms with van der Waals surface area (Å²) in [6.45, 7) is 15.1. The molecule has 1 heterocycles. The first-order chi connectivity index (χ1) is 23.9. The summed E-state index contributed by atoms with van der Waals surface area (Å²) in [7, 11) is 1.64. The highest BCUT2D eigenvalue weighted by Gasteiger charge is 2.49. The third-order valence-corrected chi connectivity index (χ3v) is 9.60. The van der Waals surface area contributed by atoms with Gasteiger partial charge in [0.15, 0.2) is 23.1 Å². The zero-order chi connectivity index (χ0) is 37.5. The van der Waals surface area contributed by atoms with Crippen molar-refractivity contribution in [2.75, 3.05) is 26.9 Å². The van der Waals surface area contributed by atoms with Crippen LogP contribution in [0.2, 0.25) is 0 Å². The Bertz CT molecular complexity index is 1770. The lowest BCUT2D eigenvalue weighted by Gasteiger charge is -2.49. The number of carbonyl (C=O) groups excluding carboxylic acids is 2. The maximum atomic E-state index is 14.3. The van der Waals surface area contributed by atoms with Crippen LogP contribution in [0.3, 0.4) is 0 Å². The number of hydrogen-bond donors (Lipinski definition) is 0. The minimum Gasteiger partial charge on any atom is -0.490 e. The van der Waals surface area contributed by atoms with Crippen LogP contribution in [0.5, 0.6) is 17.2 Å². The Morgan fingerprint density at radius 2 is 1.59 bits per heavy atom. The molecule has 274 valence electrons. The molecule has 1 aliphatic heterocycles. The molecular weight excluding hydrogens is 665 g/mol. The van der Waals surface area contributed by atoms with Gasteiger partial charge < -0.3 is 19.1 Å². The molecule has 0 N–H and O–H groups in total. The molecule has 51 heavy (non-hydrogen) atoms. The SMILES string of the molecule is C=CCc1cc(C2C3=C(CC(C)(C)CC3=O)N(CCCOC)C3=C2C(=O)CC(C)(C)C3)cc(OCC)c1Oc1ccc(C(F)(F)F)cc1[N+](=O)[O-]. The van der Waals surface area contributed by atoms with E-state index in [1.807, 2.05) is 0 Å². The van der Waals surface area contributed by atoms with Gasteiger partial charge in [-0.2, -0.15) is 13.2 Å². The lowest BCUT2D eigenvalue weighted by atomic mass is 9.63. The molecule has 2 aromatic carbocycles. The van der Waals surface area contributed by atoms with Gasteiger partial charge in [-0.15, -0.1) is 6.58 Å². The number of halogens is 3. The fourth-order valence-electron chi connectivity index (χ4n) is 7.59. The first-order valence-corrected chi connectivity index (χ1v) is 17.1. The highest BCUT2D eigenvalue weighted by Crippen LogP contribution is 2.55. The van der Waals surface area contributed by atoms with Gasteiger partial charge in [-0.1, -0.05) is 39.8 Å². The Hall–Kier alpha value is -4.45. The normalized spacial score (nSPS) is 18.8. The lowest BCUT2D eigenvalue weighted by Crippen LogP contribution is -2.44. The molecule has 0 aromatic heterocycles. The van der Waals surface area contributed by atoms with Crippen LogP contribution in [-0.2, 0) is 26.9 Å². The Kier molecular flexibility index (Phi) is 10.6. The predicted octanol–water partition coefficient (Wildman–Crippen LogP) is 9.26. The van der Waals surface area contributed by atoms with E-state index in [1.54, 1.807) is 32.2 Å². The minimum absolute atomic E-state index is 0.0453. The number of rotatable bonds is 12. The smallest absolute Gasteiger partial charge is 0.416 e.